The number of aromatic nitrogens is 2. The number of anilines is 1. The topological polar surface area (TPSA) is 57.0 Å². The maximum absolute atomic E-state index is 14.0. The minimum Gasteiger partial charge on any atom is -0.472 e. The van der Waals surface area contributed by atoms with Crippen LogP contribution in [0.15, 0.2) is 47.4 Å². The summed E-state index contributed by atoms with van der Waals surface area (Å²) in [6, 6.07) is 5.36. The van der Waals surface area contributed by atoms with Gasteiger partial charge in [0.15, 0.2) is 5.69 Å². The third-order valence-electron chi connectivity index (χ3n) is 3.09. The van der Waals surface area contributed by atoms with Gasteiger partial charge < -0.3 is 10.2 Å². The van der Waals surface area contributed by atoms with Crippen molar-refractivity contribution in [2.24, 2.45) is 0 Å². The average Bonchev–Trinajstić information content (AvgIpc) is 3.07. The quantitative estimate of drug-likeness (QED) is 0.731. The van der Waals surface area contributed by atoms with Crippen LogP contribution in [-0.2, 0) is 6.18 Å². The second-order valence-electron chi connectivity index (χ2n) is 4.54. The zero-order chi connectivity index (χ0) is 15.9. The SMILES string of the molecule is Nc1cnn(-c2cc(-c3ccoc3)ccc2F)c1C(F)(F)F. The van der Waals surface area contributed by atoms with Gasteiger partial charge in [0, 0.05) is 5.56 Å². The van der Waals surface area contributed by atoms with Crippen molar-refractivity contribution in [3.05, 3.63) is 54.5 Å². The molecule has 0 amide bonds. The fourth-order valence-corrected chi connectivity index (χ4v) is 2.11. The molecule has 2 aromatic heterocycles. The number of rotatable bonds is 2. The molecule has 0 atom stereocenters. The normalized spacial score (nSPS) is 11.8. The number of nitrogens with two attached hydrogens (primary N) is 1. The van der Waals surface area contributed by atoms with Crippen LogP contribution in [0.4, 0.5) is 23.2 Å². The molecule has 114 valence electrons. The summed E-state index contributed by atoms with van der Waals surface area (Å²) in [6.07, 6.45) is -1.10. The first-order valence-corrected chi connectivity index (χ1v) is 6.11. The zero-order valence-electron chi connectivity index (χ0n) is 10.9. The van der Waals surface area contributed by atoms with E-state index in [0.29, 0.717) is 15.8 Å². The van der Waals surface area contributed by atoms with Crippen LogP contribution < -0.4 is 5.73 Å². The molecule has 0 saturated carbocycles. The molecule has 0 unspecified atom stereocenters. The molecule has 2 heterocycles. The fraction of sp³-hybridized carbons (Fsp3) is 0.0714. The average molecular weight is 311 g/mol. The Kier molecular flexibility index (Phi) is 3.16. The highest BCUT2D eigenvalue weighted by atomic mass is 19.4. The molecule has 1 aromatic carbocycles. The first kappa shape index (κ1) is 14.2. The van der Waals surface area contributed by atoms with Crippen molar-refractivity contribution in [1.29, 1.82) is 0 Å². The van der Waals surface area contributed by atoms with E-state index in [4.69, 9.17) is 10.2 Å². The highest BCUT2D eigenvalue weighted by Crippen LogP contribution is 2.36. The van der Waals surface area contributed by atoms with Crippen molar-refractivity contribution in [3.8, 4) is 16.8 Å². The molecule has 22 heavy (non-hydrogen) atoms. The molecule has 0 aliphatic heterocycles. The standard InChI is InChI=1S/C14H9F4N3O/c15-10-2-1-8(9-3-4-22-7-9)5-12(10)21-13(14(16,17)18)11(19)6-20-21/h1-7H,19H2. The molecule has 0 aliphatic carbocycles. The largest absolute Gasteiger partial charge is 0.472 e. The summed E-state index contributed by atoms with van der Waals surface area (Å²) in [5.41, 5.74) is 4.28. The van der Waals surface area contributed by atoms with Gasteiger partial charge >= 0.3 is 6.18 Å². The first-order chi connectivity index (χ1) is 10.4. The lowest BCUT2D eigenvalue weighted by atomic mass is 10.1. The molecule has 4 nitrogen and oxygen atoms in total. The summed E-state index contributed by atoms with van der Waals surface area (Å²) < 4.78 is 58.5. The number of nitrogens with zero attached hydrogens (tertiary/aromatic N) is 2. The summed E-state index contributed by atoms with van der Waals surface area (Å²) in [6.45, 7) is 0. The predicted octanol–water partition coefficient (Wildman–Crippen LogP) is 3.87. The van der Waals surface area contributed by atoms with Gasteiger partial charge in [0.1, 0.15) is 11.5 Å². The van der Waals surface area contributed by atoms with Crippen LogP contribution in [0.3, 0.4) is 0 Å². The van der Waals surface area contributed by atoms with E-state index in [0.717, 1.165) is 12.3 Å². The molecule has 0 bridgehead atoms. The summed E-state index contributed by atoms with van der Waals surface area (Å²) in [4.78, 5) is 0. The van der Waals surface area contributed by atoms with Gasteiger partial charge in [-0.1, -0.05) is 6.07 Å². The zero-order valence-corrected chi connectivity index (χ0v) is 10.9. The van der Waals surface area contributed by atoms with Crippen molar-refractivity contribution in [3.63, 3.8) is 0 Å². The number of halogens is 4. The van der Waals surface area contributed by atoms with E-state index < -0.39 is 23.4 Å². The smallest absolute Gasteiger partial charge is 0.435 e. The molecule has 8 heteroatoms. The molecular weight excluding hydrogens is 302 g/mol. The van der Waals surface area contributed by atoms with Crippen LogP contribution in [-0.4, -0.2) is 9.78 Å². The summed E-state index contributed by atoms with van der Waals surface area (Å²) in [7, 11) is 0. The van der Waals surface area contributed by atoms with Gasteiger partial charge in [-0.25, -0.2) is 9.07 Å². The Labute approximate surface area is 121 Å². The molecule has 0 spiro atoms. The van der Waals surface area contributed by atoms with Crippen molar-refractivity contribution in [2.75, 3.05) is 5.73 Å². The third kappa shape index (κ3) is 2.32. The van der Waals surface area contributed by atoms with Gasteiger partial charge in [-0.15, -0.1) is 0 Å². The summed E-state index contributed by atoms with van der Waals surface area (Å²) >= 11 is 0. The van der Waals surface area contributed by atoms with Gasteiger partial charge in [0.05, 0.1) is 24.4 Å². The second-order valence-corrected chi connectivity index (χ2v) is 4.54. The Hall–Kier alpha value is -2.77. The molecule has 3 aromatic rings. The monoisotopic (exact) mass is 311 g/mol. The highest BCUT2D eigenvalue weighted by molar-refractivity contribution is 5.65. The predicted molar refractivity (Wildman–Crippen MR) is 70.6 cm³/mol. The van der Waals surface area contributed by atoms with Crippen molar-refractivity contribution < 1.29 is 22.0 Å². The summed E-state index contributed by atoms with van der Waals surface area (Å²) in [5.74, 6) is -0.846. The molecule has 0 saturated heterocycles. The van der Waals surface area contributed by atoms with E-state index >= 15 is 0 Å². The van der Waals surface area contributed by atoms with Crippen LogP contribution in [0.25, 0.3) is 16.8 Å². The van der Waals surface area contributed by atoms with Crippen molar-refractivity contribution in [1.82, 2.24) is 9.78 Å². The van der Waals surface area contributed by atoms with Crippen LogP contribution in [0.5, 0.6) is 0 Å². The van der Waals surface area contributed by atoms with Gasteiger partial charge in [0.2, 0.25) is 0 Å². The summed E-state index contributed by atoms with van der Waals surface area (Å²) in [5, 5.41) is 3.54. The van der Waals surface area contributed by atoms with E-state index in [1.807, 2.05) is 0 Å². The lowest BCUT2D eigenvalue weighted by molar-refractivity contribution is -0.142. The second kappa shape index (κ2) is 4.90. The van der Waals surface area contributed by atoms with Crippen LogP contribution in [0.1, 0.15) is 5.69 Å². The van der Waals surface area contributed by atoms with E-state index in [-0.39, 0.29) is 5.69 Å². The van der Waals surface area contributed by atoms with Crippen LogP contribution >= 0.6 is 0 Å². The van der Waals surface area contributed by atoms with Crippen LogP contribution in [0, 0.1) is 5.82 Å². The number of benzene rings is 1. The van der Waals surface area contributed by atoms with E-state index in [2.05, 4.69) is 5.10 Å². The molecule has 0 aliphatic rings. The number of nitrogen functional groups attached to an aromatic ring is 1. The van der Waals surface area contributed by atoms with Crippen molar-refractivity contribution in [2.45, 2.75) is 6.18 Å². The number of hydrogen-bond donors (Lipinski definition) is 1. The van der Waals surface area contributed by atoms with E-state index in [9.17, 15) is 17.6 Å². The lowest BCUT2D eigenvalue weighted by Gasteiger charge is -2.12. The molecule has 2 N–H and O–H groups in total. The number of furan rings is 1. The maximum Gasteiger partial charge on any atom is 0.435 e. The third-order valence-corrected chi connectivity index (χ3v) is 3.09. The Morgan fingerprint density at radius 2 is 1.91 bits per heavy atom. The fourth-order valence-electron chi connectivity index (χ4n) is 2.11. The Balaban J connectivity index is 2.19. The number of alkyl halides is 3. The Morgan fingerprint density at radius 1 is 1.14 bits per heavy atom. The Morgan fingerprint density at radius 3 is 2.55 bits per heavy atom. The van der Waals surface area contributed by atoms with Gasteiger partial charge in [-0.05, 0) is 23.8 Å². The molecule has 3 rings (SSSR count). The maximum atomic E-state index is 14.0. The van der Waals surface area contributed by atoms with E-state index in [1.165, 1.54) is 24.7 Å². The molecule has 0 fully saturated rings. The minimum absolute atomic E-state index is 0.345. The Bertz CT molecular complexity index is 806. The minimum atomic E-state index is -4.75. The molecule has 0 radical (unpaired) electrons. The van der Waals surface area contributed by atoms with Gasteiger partial charge in [-0.3, -0.25) is 0 Å². The van der Waals surface area contributed by atoms with Gasteiger partial charge in [0.25, 0.3) is 0 Å². The lowest BCUT2D eigenvalue weighted by Crippen LogP contribution is -2.16. The van der Waals surface area contributed by atoms with Gasteiger partial charge in [-0.2, -0.15) is 18.3 Å². The highest BCUT2D eigenvalue weighted by Gasteiger charge is 2.38. The van der Waals surface area contributed by atoms with Crippen molar-refractivity contribution >= 4 is 5.69 Å². The first-order valence-electron chi connectivity index (χ1n) is 6.11. The van der Waals surface area contributed by atoms with Crippen LogP contribution in [0.2, 0.25) is 0 Å². The number of hydrogen-bond acceptors (Lipinski definition) is 3. The van der Waals surface area contributed by atoms with E-state index in [1.54, 1.807) is 6.07 Å². The molecular formula is C14H9F4N3O.